The van der Waals surface area contributed by atoms with Crippen molar-refractivity contribution in [3.8, 4) is 0 Å². The molecule has 0 fully saturated rings. The predicted octanol–water partition coefficient (Wildman–Crippen LogP) is 5.95. The van der Waals surface area contributed by atoms with E-state index in [-0.39, 0.29) is 28.8 Å². The van der Waals surface area contributed by atoms with Crippen molar-refractivity contribution < 1.29 is 17.6 Å². The molecule has 0 spiro atoms. The van der Waals surface area contributed by atoms with Crippen LogP contribution in [-0.2, 0) is 34.8 Å². The number of fused-ring (bicyclic) bond motifs is 1. The van der Waals surface area contributed by atoms with Crippen molar-refractivity contribution in [1.82, 2.24) is 14.3 Å². The maximum absolute atomic E-state index is 13.8. The third-order valence-electron chi connectivity index (χ3n) is 7.86. The maximum Gasteiger partial charge on any atom is 0.241 e. The van der Waals surface area contributed by atoms with Crippen LogP contribution in [0.2, 0.25) is 0 Å². The zero-order valence-electron chi connectivity index (χ0n) is 23.5. The summed E-state index contributed by atoms with van der Waals surface area (Å²) in [5, 5.41) is 0. The smallest absolute Gasteiger partial charge is 0.241 e. The summed E-state index contributed by atoms with van der Waals surface area (Å²) in [6, 6.07) is 19.2. The van der Waals surface area contributed by atoms with Gasteiger partial charge in [-0.05, 0) is 84.7 Å². The third-order valence-corrected chi connectivity index (χ3v) is 9.33. The lowest BCUT2D eigenvalue weighted by Gasteiger charge is -2.30. The van der Waals surface area contributed by atoms with E-state index in [9.17, 15) is 17.6 Å². The van der Waals surface area contributed by atoms with Gasteiger partial charge in [-0.15, -0.1) is 0 Å². The average Bonchev–Trinajstić information content (AvgIpc) is 3.37. The minimum absolute atomic E-state index is 0.0175. The first-order valence-electron chi connectivity index (χ1n) is 13.8. The number of aromatic nitrogens is 2. The van der Waals surface area contributed by atoms with E-state index in [1.54, 1.807) is 18.0 Å². The topological polar surface area (TPSA) is 84.3 Å². The van der Waals surface area contributed by atoms with E-state index in [1.165, 1.54) is 18.2 Å². The number of halogens is 1. The zero-order valence-corrected chi connectivity index (χ0v) is 24.4. The van der Waals surface area contributed by atoms with Crippen LogP contribution in [0.15, 0.2) is 84.0 Å². The van der Waals surface area contributed by atoms with Crippen LogP contribution in [0.3, 0.4) is 0 Å². The number of nitrogens with zero attached hydrogens (tertiary/aromatic N) is 3. The van der Waals surface area contributed by atoms with Crippen LogP contribution >= 0.6 is 0 Å². The molecule has 1 amide bonds. The SMILES string of the molecule is Cc1cc(S(=O)(=O)N[C@H]2CCCc3ccc(N(Cc4nccn4C)C(=O)C[C@@H](C)c4ccccc4)cc32)ccc1F. The van der Waals surface area contributed by atoms with E-state index in [0.717, 1.165) is 35.4 Å². The van der Waals surface area contributed by atoms with Gasteiger partial charge in [-0.2, -0.15) is 0 Å². The molecule has 0 saturated carbocycles. The molecule has 1 heterocycles. The number of aryl methyl sites for hydroxylation is 3. The summed E-state index contributed by atoms with van der Waals surface area (Å²) in [5.41, 5.74) is 3.96. The van der Waals surface area contributed by atoms with Crippen LogP contribution < -0.4 is 9.62 Å². The van der Waals surface area contributed by atoms with Crippen molar-refractivity contribution in [1.29, 1.82) is 0 Å². The highest BCUT2D eigenvalue weighted by Gasteiger charge is 2.28. The van der Waals surface area contributed by atoms with Crippen molar-refractivity contribution in [3.63, 3.8) is 0 Å². The lowest BCUT2D eigenvalue weighted by molar-refractivity contribution is -0.119. The van der Waals surface area contributed by atoms with Gasteiger partial charge in [-0.25, -0.2) is 22.5 Å². The van der Waals surface area contributed by atoms with Gasteiger partial charge in [0.15, 0.2) is 0 Å². The largest absolute Gasteiger partial charge is 0.337 e. The number of carbonyl (C=O) groups is 1. The highest BCUT2D eigenvalue weighted by Crippen LogP contribution is 2.35. The molecule has 2 atom stereocenters. The third kappa shape index (κ3) is 6.41. The van der Waals surface area contributed by atoms with Gasteiger partial charge < -0.3 is 9.47 Å². The molecule has 0 radical (unpaired) electrons. The summed E-state index contributed by atoms with van der Waals surface area (Å²) in [7, 11) is -2.00. The molecule has 0 unspecified atom stereocenters. The van der Waals surface area contributed by atoms with Crippen LogP contribution in [-0.4, -0.2) is 23.9 Å². The Balaban J connectivity index is 1.46. The van der Waals surface area contributed by atoms with E-state index in [4.69, 9.17) is 0 Å². The fourth-order valence-corrected chi connectivity index (χ4v) is 6.74. The summed E-state index contributed by atoms with van der Waals surface area (Å²) in [4.78, 5) is 20.1. The Bertz CT molecular complexity index is 1650. The van der Waals surface area contributed by atoms with Gasteiger partial charge in [0.25, 0.3) is 0 Å². The highest BCUT2D eigenvalue weighted by atomic mass is 32.2. The van der Waals surface area contributed by atoms with Crippen molar-refractivity contribution in [2.75, 3.05) is 4.90 Å². The van der Waals surface area contributed by atoms with Gasteiger partial charge in [-0.1, -0.05) is 43.3 Å². The summed E-state index contributed by atoms with van der Waals surface area (Å²) in [6.07, 6.45) is 6.13. The first-order valence-corrected chi connectivity index (χ1v) is 15.3. The first kappa shape index (κ1) is 28.7. The molecule has 0 aliphatic heterocycles. The van der Waals surface area contributed by atoms with Crippen LogP contribution in [0.5, 0.6) is 0 Å². The Hall–Kier alpha value is -3.82. The molecule has 0 bridgehead atoms. The van der Waals surface area contributed by atoms with Gasteiger partial charge in [0.05, 0.1) is 11.4 Å². The average molecular weight is 575 g/mol. The summed E-state index contributed by atoms with van der Waals surface area (Å²) < 4.78 is 45.1. The summed E-state index contributed by atoms with van der Waals surface area (Å²) in [6.45, 7) is 3.87. The molecule has 5 rings (SSSR count). The van der Waals surface area contributed by atoms with Crippen molar-refractivity contribution in [2.45, 2.75) is 62.9 Å². The molecule has 41 heavy (non-hydrogen) atoms. The van der Waals surface area contributed by atoms with Gasteiger partial charge in [0.1, 0.15) is 11.6 Å². The number of nitrogens with one attached hydrogen (secondary N) is 1. The Morgan fingerprint density at radius 1 is 1.15 bits per heavy atom. The molecule has 1 aromatic heterocycles. The molecule has 4 aromatic rings. The molecule has 1 aliphatic rings. The quantitative estimate of drug-likeness (QED) is 0.268. The fraction of sp³-hybridized carbons (Fsp3) is 0.312. The normalized spacial score (nSPS) is 15.8. The molecular formula is C32H35FN4O3S. The second-order valence-corrected chi connectivity index (χ2v) is 12.5. The number of hydrogen-bond donors (Lipinski definition) is 1. The van der Waals surface area contributed by atoms with Gasteiger partial charge in [0.2, 0.25) is 15.9 Å². The molecular weight excluding hydrogens is 539 g/mol. The number of benzene rings is 3. The summed E-state index contributed by atoms with van der Waals surface area (Å²) >= 11 is 0. The molecule has 214 valence electrons. The van der Waals surface area contributed by atoms with Gasteiger partial charge >= 0.3 is 0 Å². The van der Waals surface area contributed by atoms with Crippen LogP contribution in [0.4, 0.5) is 10.1 Å². The van der Waals surface area contributed by atoms with E-state index in [0.29, 0.717) is 18.5 Å². The highest BCUT2D eigenvalue weighted by molar-refractivity contribution is 7.89. The van der Waals surface area contributed by atoms with E-state index in [1.807, 2.05) is 73.3 Å². The maximum atomic E-state index is 13.8. The predicted molar refractivity (Wildman–Crippen MR) is 157 cm³/mol. The Kier molecular flexibility index (Phi) is 8.37. The van der Waals surface area contributed by atoms with Gasteiger partial charge in [0, 0.05) is 37.6 Å². The monoisotopic (exact) mass is 574 g/mol. The fourth-order valence-electron chi connectivity index (χ4n) is 5.40. The van der Waals surface area contributed by atoms with Crippen LogP contribution in [0, 0.1) is 12.7 Å². The Morgan fingerprint density at radius 3 is 2.63 bits per heavy atom. The van der Waals surface area contributed by atoms with E-state index in [2.05, 4.69) is 9.71 Å². The van der Waals surface area contributed by atoms with Gasteiger partial charge in [-0.3, -0.25) is 4.79 Å². The minimum atomic E-state index is -3.90. The molecule has 7 nitrogen and oxygen atoms in total. The molecule has 9 heteroatoms. The molecule has 0 saturated heterocycles. The number of imidazole rings is 1. The molecule has 3 aromatic carbocycles. The van der Waals surface area contributed by atoms with Crippen molar-refractivity contribution in [2.24, 2.45) is 7.05 Å². The van der Waals surface area contributed by atoms with E-state index < -0.39 is 21.9 Å². The first-order chi connectivity index (χ1) is 19.6. The second kappa shape index (κ2) is 12.0. The zero-order chi connectivity index (χ0) is 29.1. The lowest BCUT2D eigenvalue weighted by Crippen LogP contribution is -2.34. The summed E-state index contributed by atoms with van der Waals surface area (Å²) in [5.74, 6) is 0.269. The minimum Gasteiger partial charge on any atom is -0.337 e. The molecule has 1 N–H and O–H groups in total. The van der Waals surface area contributed by atoms with Crippen molar-refractivity contribution in [3.05, 3.63) is 113 Å². The number of rotatable bonds is 9. The number of amides is 1. The molecule has 1 aliphatic carbocycles. The lowest BCUT2D eigenvalue weighted by atomic mass is 9.87. The number of sulfonamides is 1. The number of hydrogen-bond acceptors (Lipinski definition) is 4. The van der Waals surface area contributed by atoms with Crippen LogP contribution in [0.25, 0.3) is 0 Å². The Morgan fingerprint density at radius 2 is 1.93 bits per heavy atom. The Labute approximate surface area is 241 Å². The number of anilines is 1. The van der Waals surface area contributed by atoms with Crippen molar-refractivity contribution >= 4 is 21.6 Å². The standard InChI is InChI=1S/C32H35FN4O3S/c1-22(24-8-5-4-6-9-24)19-32(38)37(21-31-34-16-17-36(31)3)26-13-12-25-10-7-11-30(28(25)20-26)35-41(39,40)27-14-15-29(33)23(2)18-27/h4-6,8-9,12-18,20,22,30,35H,7,10-11,19,21H2,1-3H3/t22-,30+/m1/s1. The van der Waals surface area contributed by atoms with Crippen LogP contribution in [0.1, 0.15) is 66.2 Å². The van der Waals surface area contributed by atoms with E-state index >= 15 is 0 Å². The second-order valence-electron chi connectivity index (χ2n) is 10.8. The number of carbonyl (C=O) groups excluding carboxylic acids is 1.